The van der Waals surface area contributed by atoms with Crippen LogP contribution in [0.2, 0.25) is 0 Å². The predicted molar refractivity (Wildman–Crippen MR) is 109 cm³/mol. The third-order valence-corrected chi connectivity index (χ3v) is 4.48. The number of likely N-dealkylation sites (N-methyl/N-ethyl adjacent to an activating group) is 1. The van der Waals surface area contributed by atoms with Crippen LogP contribution in [0, 0.1) is 0 Å². The van der Waals surface area contributed by atoms with Gasteiger partial charge in [-0.3, -0.25) is 9.59 Å². The van der Waals surface area contributed by atoms with E-state index in [-0.39, 0.29) is 24.3 Å². The van der Waals surface area contributed by atoms with E-state index in [1.165, 1.54) is 0 Å². The average molecular weight is 384 g/mol. The van der Waals surface area contributed by atoms with Crippen molar-refractivity contribution in [3.8, 4) is 11.5 Å². The first-order chi connectivity index (χ1) is 13.4. The van der Waals surface area contributed by atoms with Gasteiger partial charge in [0.1, 0.15) is 11.5 Å². The number of amides is 1. The lowest BCUT2D eigenvalue weighted by molar-refractivity contribution is -0.123. The maximum atomic E-state index is 12.2. The lowest BCUT2D eigenvalue weighted by Gasteiger charge is -2.25. The Morgan fingerprint density at radius 1 is 1.00 bits per heavy atom. The summed E-state index contributed by atoms with van der Waals surface area (Å²) in [4.78, 5) is 25.8. The molecule has 1 amide bonds. The molecule has 2 aromatic rings. The number of hydrogen-bond acceptors (Lipinski definition) is 5. The number of carbonyl (C=O) groups is 2. The van der Waals surface area contributed by atoms with Crippen molar-refractivity contribution in [1.82, 2.24) is 10.2 Å². The van der Waals surface area contributed by atoms with Crippen LogP contribution in [-0.2, 0) is 4.79 Å². The number of carbonyl (C=O) groups excluding carboxylic acids is 2. The van der Waals surface area contributed by atoms with Crippen LogP contribution < -0.4 is 14.8 Å². The first-order valence-corrected chi connectivity index (χ1v) is 9.27. The molecule has 150 valence electrons. The number of benzene rings is 2. The molecule has 0 aliphatic heterocycles. The van der Waals surface area contributed by atoms with Crippen LogP contribution in [0.4, 0.5) is 0 Å². The molecule has 0 saturated carbocycles. The second kappa shape index (κ2) is 10.5. The van der Waals surface area contributed by atoms with Crippen molar-refractivity contribution in [3.63, 3.8) is 0 Å². The van der Waals surface area contributed by atoms with Crippen molar-refractivity contribution in [2.75, 3.05) is 34.4 Å². The van der Waals surface area contributed by atoms with Crippen LogP contribution in [0.1, 0.15) is 35.3 Å². The number of nitrogens with one attached hydrogen (secondary N) is 1. The van der Waals surface area contributed by atoms with Crippen molar-refractivity contribution >= 4 is 11.7 Å². The molecular weight excluding hydrogens is 356 g/mol. The summed E-state index contributed by atoms with van der Waals surface area (Å²) < 4.78 is 10.7. The molecule has 0 aromatic heterocycles. The Labute approximate surface area is 166 Å². The summed E-state index contributed by atoms with van der Waals surface area (Å²) in [6.45, 7) is 2.21. The number of rotatable bonds is 10. The minimum Gasteiger partial charge on any atom is -0.497 e. The van der Waals surface area contributed by atoms with Crippen molar-refractivity contribution in [1.29, 1.82) is 0 Å². The van der Waals surface area contributed by atoms with Crippen LogP contribution in [0.5, 0.6) is 11.5 Å². The molecule has 0 aliphatic rings. The van der Waals surface area contributed by atoms with Crippen molar-refractivity contribution in [2.45, 2.75) is 19.4 Å². The number of methoxy groups -OCH3 is 1. The Balaban J connectivity index is 1.86. The minimum absolute atomic E-state index is 0.0363. The highest BCUT2D eigenvalue weighted by atomic mass is 16.5. The quantitative estimate of drug-likeness (QED) is 0.638. The van der Waals surface area contributed by atoms with Gasteiger partial charge in [0.05, 0.1) is 13.2 Å². The topological polar surface area (TPSA) is 67.9 Å². The molecule has 6 nitrogen and oxygen atoms in total. The first-order valence-electron chi connectivity index (χ1n) is 9.27. The third-order valence-electron chi connectivity index (χ3n) is 4.48. The van der Waals surface area contributed by atoms with E-state index in [2.05, 4.69) is 5.32 Å². The number of ether oxygens (including phenoxy) is 2. The van der Waals surface area contributed by atoms with Gasteiger partial charge in [0, 0.05) is 18.5 Å². The van der Waals surface area contributed by atoms with Crippen LogP contribution in [-0.4, -0.2) is 50.9 Å². The number of ketones is 1. The van der Waals surface area contributed by atoms with E-state index in [1.807, 2.05) is 50.2 Å². The van der Waals surface area contributed by atoms with Crippen molar-refractivity contribution < 1.29 is 19.1 Å². The second-order valence-electron chi connectivity index (χ2n) is 6.65. The van der Waals surface area contributed by atoms with Crippen LogP contribution in [0.15, 0.2) is 48.5 Å². The summed E-state index contributed by atoms with van der Waals surface area (Å²) in [5.41, 5.74) is 1.73. The molecule has 0 bridgehead atoms. The molecule has 28 heavy (non-hydrogen) atoms. The summed E-state index contributed by atoms with van der Waals surface area (Å²) in [7, 11) is 5.57. The summed E-state index contributed by atoms with van der Waals surface area (Å²) in [5.74, 6) is 1.24. The van der Waals surface area contributed by atoms with Crippen LogP contribution >= 0.6 is 0 Å². The molecule has 0 heterocycles. The van der Waals surface area contributed by atoms with E-state index in [9.17, 15) is 9.59 Å². The molecule has 0 aliphatic carbocycles. The van der Waals surface area contributed by atoms with Crippen molar-refractivity contribution in [2.24, 2.45) is 0 Å². The highest BCUT2D eigenvalue weighted by Gasteiger charge is 2.15. The zero-order valence-electron chi connectivity index (χ0n) is 16.9. The van der Waals surface area contributed by atoms with Gasteiger partial charge in [0.25, 0.3) is 5.91 Å². The van der Waals surface area contributed by atoms with Gasteiger partial charge in [-0.1, -0.05) is 19.1 Å². The number of nitrogens with zero attached hydrogens (tertiary/aromatic N) is 1. The Kier molecular flexibility index (Phi) is 8.02. The van der Waals surface area contributed by atoms with E-state index < -0.39 is 0 Å². The average Bonchev–Trinajstić information content (AvgIpc) is 2.72. The molecule has 0 saturated heterocycles. The maximum Gasteiger partial charge on any atom is 0.258 e. The Morgan fingerprint density at radius 3 is 2.14 bits per heavy atom. The first kappa shape index (κ1) is 21.4. The Morgan fingerprint density at radius 2 is 1.61 bits per heavy atom. The highest BCUT2D eigenvalue weighted by molar-refractivity contribution is 5.95. The molecule has 6 heteroatoms. The Bertz CT molecular complexity index is 770. The molecular formula is C22H28N2O4. The summed E-state index contributed by atoms with van der Waals surface area (Å²) in [6, 6.07) is 14.7. The lowest BCUT2D eigenvalue weighted by Crippen LogP contribution is -2.36. The van der Waals surface area contributed by atoms with E-state index in [4.69, 9.17) is 9.47 Å². The molecule has 1 unspecified atom stereocenters. The molecule has 2 rings (SSSR count). The highest BCUT2D eigenvalue weighted by Crippen LogP contribution is 2.20. The fraction of sp³-hybridized carbons (Fsp3) is 0.364. The van der Waals surface area contributed by atoms with Gasteiger partial charge in [-0.2, -0.15) is 0 Å². The zero-order chi connectivity index (χ0) is 20.5. The van der Waals surface area contributed by atoms with Gasteiger partial charge in [0.15, 0.2) is 12.4 Å². The van der Waals surface area contributed by atoms with E-state index in [0.717, 1.165) is 11.3 Å². The zero-order valence-corrected chi connectivity index (χ0v) is 16.9. The maximum absolute atomic E-state index is 12.2. The Hall–Kier alpha value is -2.86. The third kappa shape index (κ3) is 6.09. The van der Waals surface area contributed by atoms with Gasteiger partial charge in [0.2, 0.25) is 0 Å². The number of hydrogen-bond donors (Lipinski definition) is 1. The van der Waals surface area contributed by atoms with Crippen LogP contribution in [0.3, 0.4) is 0 Å². The van der Waals surface area contributed by atoms with Gasteiger partial charge in [-0.05, 0) is 56.1 Å². The lowest BCUT2D eigenvalue weighted by atomic mass is 10.1. The largest absolute Gasteiger partial charge is 0.497 e. The molecule has 0 spiro atoms. The van der Waals surface area contributed by atoms with E-state index >= 15 is 0 Å². The fourth-order valence-corrected chi connectivity index (χ4v) is 2.78. The SMILES string of the molecule is CCC(=O)c1ccc(OCC(=O)NCC(c2ccc(OC)cc2)N(C)C)cc1. The van der Waals surface area contributed by atoms with E-state index in [1.54, 1.807) is 31.4 Å². The molecule has 1 N–H and O–H groups in total. The standard InChI is InChI=1S/C22H28N2O4/c1-5-21(25)17-8-12-19(13-9-17)28-15-22(26)23-14-20(24(2)3)16-6-10-18(27-4)11-7-16/h6-13,20H,5,14-15H2,1-4H3,(H,23,26). The summed E-state index contributed by atoms with van der Waals surface area (Å²) >= 11 is 0. The van der Waals surface area contributed by atoms with Gasteiger partial charge in [-0.25, -0.2) is 0 Å². The van der Waals surface area contributed by atoms with Gasteiger partial charge < -0.3 is 19.7 Å². The predicted octanol–water partition coefficient (Wildman–Crippen LogP) is 3.09. The minimum atomic E-state index is -0.200. The van der Waals surface area contributed by atoms with Gasteiger partial charge >= 0.3 is 0 Å². The fourth-order valence-electron chi connectivity index (χ4n) is 2.78. The molecule has 2 aromatic carbocycles. The summed E-state index contributed by atoms with van der Waals surface area (Å²) in [6.07, 6.45) is 0.462. The molecule has 0 fully saturated rings. The smallest absolute Gasteiger partial charge is 0.258 e. The number of Topliss-reactive ketones (excluding diaryl/α,β-unsaturated/α-hetero) is 1. The summed E-state index contributed by atoms with van der Waals surface area (Å²) in [5, 5.41) is 2.91. The monoisotopic (exact) mass is 384 g/mol. The molecule has 1 atom stereocenters. The second-order valence-corrected chi connectivity index (χ2v) is 6.65. The van der Waals surface area contributed by atoms with Crippen molar-refractivity contribution in [3.05, 3.63) is 59.7 Å². The normalized spacial score (nSPS) is 11.8. The van der Waals surface area contributed by atoms with Gasteiger partial charge in [-0.15, -0.1) is 0 Å². The van der Waals surface area contributed by atoms with Crippen LogP contribution in [0.25, 0.3) is 0 Å². The van der Waals surface area contributed by atoms with E-state index in [0.29, 0.717) is 24.3 Å². The molecule has 0 radical (unpaired) electrons.